The van der Waals surface area contributed by atoms with Gasteiger partial charge in [0, 0.05) is 11.1 Å². The van der Waals surface area contributed by atoms with Crippen LogP contribution in [0.1, 0.15) is 36.3 Å². The van der Waals surface area contributed by atoms with Crippen LogP contribution in [0.2, 0.25) is 5.02 Å². The third-order valence-corrected chi connectivity index (χ3v) is 3.66. The van der Waals surface area contributed by atoms with Crippen LogP contribution in [0.4, 0.5) is 24.7 Å². The van der Waals surface area contributed by atoms with Gasteiger partial charge in [0.15, 0.2) is 0 Å². The Morgan fingerprint density at radius 1 is 1.28 bits per heavy atom. The van der Waals surface area contributed by atoms with Gasteiger partial charge in [-0.2, -0.15) is 13.2 Å². The van der Waals surface area contributed by atoms with Crippen LogP contribution < -0.4 is 10.6 Å². The molecular weight excluding hydrogens is 357 g/mol. The number of nitrogens with one attached hydrogen (secondary N) is 2. The first-order valence-corrected chi connectivity index (χ1v) is 7.85. The van der Waals surface area contributed by atoms with E-state index in [9.17, 15) is 18.0 Å². The molecule has 0 fully saturated rings. The summed E-state index contributed by atoms with van der Waals surface area (Å²) in [4.78, 5) is 19.8. The lowest BCUT2D eigenvalue weighted by atomic mass is 10.1. The van der Waals surface area contributed by atoms with Crippen LogP contribution in [0.15, 0.2) is 30.6 Å². The van der Waals surface area contributed by atoms with Crippen molar-refractivity contribution in [1.29, 1.82) is 0 Å². The third-order valence-electron chi connectivity index (χ3n) is 3.42. The number of halogens is 4. The number of amides is 1. The average Bonchev–Trinajstić information content (AvgIpc) is 2.56. The Hall–Kier alpha value is -2.35. The lowest BCUT2D eigenvalue weighted by Gasteiger charge is -2.14. The number of hydrogen-bond acceptors (Lipinski definition) is 4. The molecule has 1 aromatic carbocycles. The number of nitrogens with zero attached hydrogens (tertiary/aromatic N) is 2. The molecule has 25 heavy (non-hydrogen) atoms. The zero-order valence-corrected chi connectivity index (χ0v) is 14.2. The minimum atomic E-state index is -4.57. The van der Waals surface area contributed by atoms with Gasteiger partial charge in [-0.1, -0.05) is 18.5 Å². The second-order valence-electron chi connectivity index (χ2n) is 5.38. The third kappa shape index (κ3) is 5.06. The maximum atomic E-state index is 13.1. The van der Waals surface area contributed by atoms with Crippen molar-refractivity contribution in [2.24, 2.45) is 0 Å². The van der Waals surface area contributed by atoms with Crippen LogP contribution >= 0.6 is 11.6 Å². The number of aromatic nitrogens is 2. The van der Waals surface area contributed by atoms with Crippen LogP contribution in [0.5, 0.6) is 0 Å². The highest BCUT2D eigenvalue weighted by atomic mass is 35.5. The van der Waals surface area contributed by atoms with Crippen molar-refractivity contribution in [3.63, 3.8) is 0 Å². The average molecular weight is 373 g/mol. The smallest absolute Gasteiger partial charge is 0.348 e. The van der Waals surface area contributed by atoms with Crippen molar-refractivity contribution in [2.45, 2.75) is 32.5 Å². The second kappa shape index (κ2) is 7.69. The van der Waals surface area contributed by atoms with Gasteiger partial charge >= 0.3 is 6.18 Å². The Morgan fingerprint density at radius 3 is 2.56 bits per heavy atom. The highest BCUT2D eigenvalue weighted by Crippen LogP contribution is 2.37. The molecule has 1 heterocycles. The zero-order valence-electron chi connectivity index (χ0n) is 13.5. The molecule has 0 aliphatic heterocycles. The number of carbonyl (C=O) groups is 1. The standard InChI is InChI=1S/C16H16ClF3N4O/c1-3-9(2)23-15(25)13-7-22-14(8-21-13)24-12-5-4-10(17)6-11(12)16(18,19)20/h4-9H,3H2,1-2H3,(H,22,24)(H,23,25). The molecule has 2 N–H and O–H groups in total. The fourth-order valence-electron chi connectivity index (χ4n) is 1.91. The van der Waals surface area contributed by atoms with Gasteiger partial charge in [-0.15, -0.1) is 0 Å². The largest absolute Gasteiger partial charge is 0.418 e. The van der Waals surface area contributed by atoms with Crippen molar-refractivity contribution in [3.05, 3.63) is 46.9 Å². The van der Waals surface area contributed by atoms with Gasteiger partial charge in [0.1, 0.15) is 11.5 Å². The summed E-state index contributed by atoms with van der Waals surface area (Å²) in [5, 5.41) is 5.24. The minimum Gasteiger partial charge on any atom is -0.348 e. The summed E-state index contributed by atoms with van der Waals surface area (Å²) in [6.07, 6.45) is -1.42. The molecule has 0 aliphatic carbocycles. The summed E-state index contributed by atoms with van der Waals surface area (Å²) in [6.45, 7) is 3.77. The van der Waals surface area contributed by atoms with E-state index >= 15 is 0 Å². The first-order valence-electron chi connectivity index (χ1n) is 7.47. The molecule has 0 bridgehead atoms. The molecule has 2 rings (SSSR count). The highest BCUT2D eigenvalue weighted by Gasteiger charge is 2.34. The summed E-state index contributed by atoms with van der Waals surface area (Å²) in [5.41, 5.74) is -1.04. The molecular formula is C16H16ClF3N4O. The van der Waals surface area contributed by atoms with Gasteiger partial charge < -0.3 is 10.6 Å². The van der Waals surface area contributed by atoms with Crippen LogP contribution in [0, 0.1) is 0 Å². The van der Waals surface area contributed by atoms with E-state index in [0.29, 0.717) is 0 Å². The molecule has 2 aromatic rings. The quantitative estimate of drug-likeness (QED) is 0.815. The normalized spacial score (nSPS) is 12.6. The molecule has 0 saturated carbocycles. The SMILES string of the molecule is CCC(C)NC(=O)c1cnc(Nc2ccc(Cl)cc2C(F)(F)F)cn1. The van der Waals surface area contributed by atoms with Gasteiger partial charge in [-0.3, -0.25) is 4.79 Å². The Morgan fingerprint density at radius 2 is 2.00 bits per heavy atom. The molecule has 134 valence electrons. The molecule has 0 radical (unpaired) electrons. The predicted octanol–water partition coefficient (Wildman–Crippen LogP) is 4.42. The van der Waals surface area contributed by atoms with Crippen molar-refractivity contribution < 1.29 is 18.0 Å². The highest BCUT2D eigenvalue weighted by molar-refractivity contribution is 6.30. The Kier molecular flexibility index (Phi) is 5.84. The molecule has 0 aliphatic rings. The van der Waals surface area contributed by atoms with Crippen molar-refractivity contribution in [1.82, 2.24) is 15.3 Å². The number of alkyl halides is 3. The van der Waals surface area contributed by atoms with Crippen LogP contribution in [0.25, 0.3) is 0 Å². The number of rotatable bonds is 5. The summed E-state index contributed by atoms with van der Waals surface area (Å²) in [6, 6.07) is 3.35. The van der Waals surface area contributed by atoms with Gasteiger partial charge in [0.25, 0.3) is 5.91 Å². The topological polar surface area (TPSA) is 66.9 Å². The van der Waals surface area contributed by atoms with Crippen molar-refractivity contribution in [3.8, 4) is 0 Å². The van der Waals surface area contributed by atoms with E-state index in [2.05, 4.69) is 20.6 Å². The summed E-state index contributed by atoms with van der Waals surface area (Å²) < 4.78 is 39.2. The lowest BCUT2D eigenvalue weighted by molar-refractivity contribution is -0.136. The van der Waals surface area contributed by atoms with E-state index in [1.807, 2.05) is 13.8 Å². The Labute approximate surface area is 147 Å². The Bertz CT molecular complexity index is 750. The molecule has 1 aromatic heterocycles. The number of hydrogen-bond donors (Lipinski definition) is 2. The van der Waals surface area contributed by atoms with E-state index in [4.69, 9.17) is 11.6 Å². The maximum Gasteiger partial charge on any atom is 0.418 e. The van der Waals surface area contributed by atoms with Gasteiger partial charge in [0.2, 0.25) is 0 Å². The lowest BCUT2D eigenvalue weighted by Crippen LogP contribution is -2.32. The number of anilines is 2. The van der Waals surface area contributed by atoms with E-state index in [-0.39, 0.29) is 28.3 Å². The molecule has 1 unspecified atom stereocenters. The van der Waals surface area contributed by atoms with Crippen molar-refractivity contribution >= 4 is 29.0 Å². The maximum absolute atomic E-state index is 13.1. The number of carbonyl (C=O) groups excluding carboxylic acids is 1. The predicted molar refractivity (Wildman–Crippen MR) is 89.0 cm³/mol. The molecule has 9 heteroatoms. The van der Waals surface area contributed by atoms with Crippen molar-refractivity contribution in [2.75, 3.05) is 5.32 Å². The molecule has 5 nitrogen and oxygen atoms in total. The zero-order chi connectivity index (χ0) is 18.6. The Balaban J connectivity index is 2.18. The summed E-state index contributed by atoms with van der Waals surface area (Å²) in [7, 11) is 0. The van der Waals surface area contributed by atoms with Gasteiger partial charge in [-0.05, 0) is 31.5 Å². The minimum absolute atomic E-state index is 0.0180. The van der Waals surface area contributed by atoms with Crippen LogP contribution in [-0.2, 0) is 6.18 Å². The van der Waals surface area contributed by atoms with E-state index in [0.717, 1.165) is 12.5 Å². The monoisotopic (exact) mass is 372 g/mol. The van der Waals surface area contributed by atoms with E-state index in [1.165, 1.54) is 24.5 Å². The second-order valence-corrected chi connectivity index (χ2v) is 5.82. The first kappa shape index (κ1) is 19.0. The van der Waals surface area contributed by atoms with Crippen LogP contribution in [0.3, 0.4) is 0 Å². The summed E-state index contributed by atoms with van der Waals surface area (Å²) >= 11 is 5.63. The summed E-state index contributed by atoms with van der Waals surface area (Å²) in [5.74, 6) is -0.316. The number of benzene rings is 1. The first-order chi connectivity index (χ1) is 11.7. The fraction of sp³-hybridized carbons (Fsp3) is 0.312. The molecule has 0 saturated heterocycles. The fourth-order valence-corrected chi connectivity index (χ4v) is 2.08. The van der Waals surface area contributed by atoms with E-state index < -0.39 is 17.6 Å². The molecule has 1 atom stereocenters. The van der Waals surface area contributed by atoms with Gasteiger partial charge in [-0.25, -0.2) is 9.97 Å². The van der Waals surface area contributed by atoms with Crippen LogP contribution in [-0.4, -0.2) is 21.9 Å². The molecule has 1 amide bonds. The van der Waals surface area contributed by atoms with Gasteiger partial charge in [0.05, 0.1) is 23.6 Å². The van der Waals surface area contributed by atoms with E-state index in [1.54, 1.807) is 0 Å². The molecule has 0 spiro atoms.